The van der Waals surface area contributed by atoms with Crippen molar-refractivity contribution >= 4 is 15.9 Å². The zero-order chi connectivity index (χ0) is 11.6. The van der Waals surface area contributed by atoms with Gasteiger partial charge in [-0.15, -0.1) is 5.92 Å². The lowest BCUT2D eigenvalue weighted by atomic mass is 10.1. The van der Waals surface area contributed by atoms with E-state index in [2.05, 4.69) is 46.0 Å². The van der Waals surface area contributed by atoms with Gasteiger partial charge in [-0.2, -0.15) is 0 Å². The largest absolute Gasteiger partial charge is 0.481 e. The number of hydrogen-bond acceptors (Lipinski definition) is 1. The molecule has 0 amide bonds. The average Bonchev–Trinajstić information content (AvgIpc) is 2.30. The highest BCUT2D eigenvalue weighted by Gasteiger charge is 1.95. The first-order valence-corrected chi connectivity index (χ1v) is 6.15. The highest BCUT2D eigenvalue weighted by molar-refractivity contribution is 9.11. The second kappa shape index (κ2) is 8.01. The van der Waals surface area contributed by atoms with Crippen LogP contribution in [0, 0.1) is 11.8 Å². The fraction of sp³-hybridized carbons (Fsp3) is 0.286. The Bertz CT molecular complexity index is 399. The summed E-state index contributed by atoms with van der Waals surface area (Å²) < 4.78 is 5.49. The van der Waals surface area contributed by atoms with Crippen molar-refractivity contribution in [3.8, 4) is 17.6 Å². The third-order valence-electron chi connectivity index (χ3n) is 2.07. The second-order valence-corrected chi connectivity index (χ2v) is 3.79. The summed E-state index contributed by atoms with van der Waals surface area (Å²) in [5.41, 5.74) is 1.28. The van der Waals surface area contributed by atoms with E-state index in [9.17, 15) is 0 Å². The standard InChI is InChI=1S/C14H15BrO/c1-2-3-11-16-14-9-6-8-13(12-14)7-4-5-10-15/h5-6,8-10,12H,4,7,11H2,1H3/b10-5+. The second-order valence-electron chi connectivity index (χ2n) is 3.26. The predicted molar refractivity (Wildman–Crippen MR) is 71.8 cm³/mol. The van der Waals surface area contributed by atoms with Crippen molar-refractivity contribution in [1.82, 2.24) is 0 Å². The van der Waals surface area contributed by atoms with Crippen molar-refractivity contribution in [2.45, 2.75) is 19.8 Å². The maximum Gasteiger partial charge on any atom is 0.149 e. The maximum absolute atomic E-state index is 5.49. The number of hydrogen-bond donors (Lipinski definition) is 0. The smallest absolute Gasteiger partial charge is 0.149 e. The summed E-state index contributed by atoms with van der Waals surface area (Å²) in [6.07, 6.45) is 4.15. The minimum Gasteiger partial charge on any atom is -0.481 e. The molecule has 0 spiro atoms. The normalized spacial score (nSPS) is 9.88. The third kappa shape index (κ3) is 5.04. The molecule has 0 N–H and O–H groups in total. The third-order valence-corrected chi connectivity index (χ3v) is 2.45. The number of allylic oxidation sites excluding steroid dienone is 1. The summed E-state index contributed by atoms with van der Waals surface area (Å²) in [7, 11) is 0. The topological polar surface area (TPSA) is 9.23 Å². The van der Waals surface area contributed by atoms with Gasteiger partial charge in [-0.05, 0) is 42.4 Å². The Morgan fingerprint density at radius 2 is 2.31 bits per heavy atom. The van der Waals surface area contributed by atoms with Crippen LogP contribution in [0.4, 0.5) is 0 Å². The highest BCUT2D eigenvalue weighted by atomic mass is 79.9. The quantitative estimate of drug-likeness (QED) is 0.742. The molecule has 0 aliphatic heterocycles. The van der Waals surface area contributed by atoms with Crippen molar-refractivity contribution in [1.29, 1.82) is 0 Å². The van der Waals surface area contributed by atoms with Crippen LogP contribution in [0.3, 0.4) is 0 Å². The summed E-state index contributed by atoms with van der Waals surface area (Å²) in [6, 6.07) is 8.16. The molecular formula is C14H15BrO. The first kappa shape index (κ1) is 12.9. The molecule has 0 radical (unpaired) electrons. The van der Waals surface area contributed by atoms with Gasteiger partial charge in [0.2, 0.25) is 0 Å². The van der Waals surface area contributed by atoms with Crippen LogP contribution in [0.5, 0.6) is 5.75 Å². The molecule has 0 fully saturated rings. The monoisotopic (exact) mass is 278 g/mol. The van der Waals surface area contributed by atoms with Gasteiger partial charge in [0.15, 0.2) is 0 Å². The molecule has 1 rings (SSSR count). The molecular weight excluding hydrogens is 264 g/mol. The van der Waals surface area contributed by atoms with Crippen LogP contribution in [0.25, 0.3) is 0 Å². The van der Waals surface area contributed by atoms with Crippen LogP contribution < -0.4 is 4.74 Å². The number of benzene rings is 1. The van der Waals surface area contributed by atoms with E-state index < -0.39 is 0 Å². The van der Waals surface area contributed by atoms with E-state index in [0.717, 1.165) is 18.6 Å². The number of ether oxygens (including phenoxy) is 1. The maximum atomic E-state index is 5.49. The average molecular weight is 279 g/mol. The van der Waals surface area contributed by atoms with Crippen LogP contribution in [0.15, 0.2) is 35.3 Å². The van der Waals surface area contributed by atoms with Crippen LogP contribution in [-0.4, -0.2) is 6.61 Å². The Balaban J connectivity index is 2.51. The molecule has 0 atom stereocenters. The SMILES string of the molecule is CC#CCOc1cccc(CC/C=C/Br)c1. The molecule has 1 aromatic carbocycles. The van der Waals surface area contributed by atoms with Crippen molar-refractivity contribution in [3.63, 3.8) is 0 Å². The lowest BCUT2D eigenvalue weighted by Gasteiger charge is -2.04. The van der Waals surface area contributed by atoms with Gasteiger partial charge < -0.3 is 4.74 Å². The molecule has 0 aliphatic carbocycles. The summed E-state index contributed by atoms with van der Waals surface area (Å²) in [5.74, 6) is 6.58. The Morgan fingerprint density at radius 1 is 1.44 bits per heavy atom. The molecule has 0 saturated heterocycles. The Hall–Kier alpha value is -1.20. The van der Waals surface area contributed by atoms with Crippen molar-refractivity contribution in [2.24, 2.45) is 0 Å². The fourth-order valence-electron chi connectivity index (χ4n) is 1.30. The van der Waals surface area contributed by atoms with Gasteiger partial charge in [0.1, 0.15) is 12.4 Å². The van der Waals surface area contributed by atoms with Crippen LogP contribution >= 0.6 is 15.9 Å². The van der Waals surface area contributed by atoms with Crippen LogP contribution in [0.1, 0.15) is 18.9 Å². The molecule has 1 aromatic rings. The van der Waals surface area contributed by atoms with E-state index in [-0.39, 0.29) is 0 Å². The van der Waals surface area contributed by atoms with Crippen LogP contribution in [0.2, 0.25) is 0 Å². The number of aryl methyl sites for hydroxylation is 1. The Labute approximate surface area is 106 Å². The Morgan fingerprint density at radius 3 is 3.06 bits per heavy atom. The highest BCUT2D eigenvalue weighted by Crippen LogP contribution is 2.14. The lowest BCUT2D eigenvalue weighted by Crippen LogP contribution is -1.94. The van der Waals surface area contributed by atoms with Gasteiger partial charge in [0, 0.05) is 0 Å². The van der Waals surface area contributed by atoms with Gasteiger partial charge >= 0.3 is 0 Å². The van der Waals surface area contributed by atoms with E-state index in [0.29, 0.717) is 6.61 Å². The van der Waals surface area contributed by atoms with E-state index in [1.165, 1.54) is 5.56 Å². The van der Waals surface area contributed by atoms with E-state index in [1.54, 1.807) is 0 Å². The summed E-state index contributed by atoms with van der Waals surface area (Å²) in [5, 5.41) is 0. The van der Waals surface area contributed by atoms with Gasteiger partial charge in [-0.25, -0.2) is 0 Å². The zero-order valence-electron chi connectivity index (χ0n) is 9.37. The van der Waals surface area contributed by atoms with Gasteiger partial charge in [0.05, 0.1) is 0 Å². The number of halogens is 1. The molecule has 2 heteroatoms. The molecule has 1 nitrogen and oxygen atoms in total. The van der Waals surface area contributed by atoms with Crippen LogP contribution in [-0.2, 0) is 6.42 Å². The summed E-state index contributed by atoms with van der Waals surface area (Å²) in [4.78, 5) is 1.89. The molecule has 0 bridgehead atoms. The molecule has 0 heterocycles. The van der Waals surface area contributed by atoms with E-state index in [4.69, 9.17) is 4.74 Å². The van der Waals surface area contributed by atoms with E-state index in [1.807, 2.05) is 24.0 Å². The zero-order valence-corrected chi connectivity index (χ0v) is 11.0. The minimum absolute atomic E-state index is 0.460. The molecule has 0 aliphatic rings. The van der Waals surface area contributed by atoms with Crippen molar-refractivity contribution < 1.29 is 4.74 Å². The molecule has 0 unspecified atom stereocenters. The fourth-order valence-corrected chi connectivity index (χ4v) is 1.56. The van der Waals surface area contributed by atoms with Gasteiger partial charge in [-0.3, -0.25) is 0 Å². The molecule has 0 aromatic heterocycles. The first-order valence-electron chi connectivity index (χ1n) is 5.23. The van der Waals surface area contributed by atoms with Crippen molar-refractivity contribution in [2.75, 3.05) is 6.61 Å². The molecule has 16 heavy (non-hydrogen) atoms. The first-order chi connectivity index (χ1) is 7.86. The predicted octanol–water partition coefficient (Wildman–Crippen LogP) is 3.93. The summed E-state index contributed by atoms with van der Waals surface area (Å²) >= 11 is 3.26. The minimum atomic E-state index is 0.460. The Kier molecular flexibility index (Phi) is 6.44. The lowest BCUT2D eigenvalue weighted by molar-refractivity contribution is 0.370. The molecule has 0 saturated carbocycles. The van der Waals surface area contributed by atoms with E-state index >= 15 is 0 Å². The molecule has 84 valence electrons. The van der Waals surface area contributed by atoms with Crippen molar-refractivity contribution in [3.05, 3.63) is 40.9 Å². The number of rotatable bonds is 5. The van der Waals surface area contributed by atoms with Gasteiger partial charge in [-0.1, -0.05) is 40.1 Å². The van der Waals surface area contributed by atoms with Gasteiger partial charge in [0.25, 0.3) is 0 Å². The summed E-state index contributed by atoms with van der Waals surface area (Å²) in [6.45, 7) is 2.27.